The first kappa shape index (κ1) is 15.2. The van der Waals surface area contributed by atoms with E-state index >= 15 is 0 Å². The van der Waals surface area contributed by atoms with E-state index in [-0.39, 0.29) is 0 Å². The van der Waals surface area contributed by atoms with E-state index in [2.05, 4.69) is 13.8 Å². The number of aromatic nitrogens is 1. The molecule has 1 aromatic heterocycles. The number of nitrogens with zero attached hydrogens (tertiary/aromatic N) is 1. The average Bonchev–Trinajstić information content (AvgIpc) is 2.78. The Bertz CT molecular complexity index is 257. The lowest BCUT2D eigenvalue weighted by Crippen LogP contribution is -1.92. The molecule has 0 saturated carbocycles. The lowest BCUT2D eigenvalue weighted by atomic mass is 10.1. The van der Waals surface area contributed by atoms with E-state index in [1.165, 1.54) is 77.8 Å². The summed E-state index contributed by atoms with van der Waals surface area (Å²) in [4.78, 5) is 0. The monoisotopic (exact) mass is 271 g/mol. The SMILES string of the molecule is CCCCCCc1n[pH]pc1CCCCCC. The molecule has 1 aromatic rings. The molecular formula is C14H27NP2. The zero-order chi connectivity index (χ0) is 12.3. The van der Waals surface area contributed by atoms with Crippen LogP contribution in [0.1, 0.15) is 76.2 Å². The Morgan fingerprint density at radius 3 is 2.18 bits per heavy atom. The van der Waals surface area contributed by atoms with E-state index in [0.29, 0.717) is 0 Å². The Morgan fingerprint density at radius 1 is 0.882 bits per heavy atom. The molecule has 0 N–H and O–H groups in total. The molecule has 1 unspecified atom stereocenters. The van der Waals surface area contributed by atoms with Crippen molar-refractivity contribution in [2.45, 2.75) is 78.1 Å². The molecule has 3 heteroatoms. The van der Waals surface area contributed by atoms with Crippen LogP contribution in [0.25, 0.3) is 0 Å². The number of hydrogen-bond acceptors (Lipinski definition) is 1. The van der Waals surface area contributed by atoms with Crippen LogP contribution in [0.3, 0.4) is 0 Å². The third-order valence-electron chi connectivity index (χ3n) is 3.24. The maximum atomic E-state index is 4.71. The molecule has 98 valence electrons. The van der Waals surface area contributed by atoms with E-state index < -0.39 is 0 Å². The van der Waals surface area contributed by atoms with Crippen LogP contribution in [0.2, 0.25) is 0 Å². The summed E-state index contributed by atoms with van der Waals surface area (Å²) in [7, 11) is 2.35. The smallest absolute Gasteiger partial charge is 0.0526 e. The second-order valence-corrected chi connectivity index (χ2v) is 7.30. The number of unbranched alkanes of at least 4 members (excludes halogenated alkanes) is 6. The highest BCUT2D eigenvalue weighted by Gasteiger charge is 2.05. The van der Waals surface area contributed by atoms with Crippen molar-refractivity contribution in [3.8, 4) is 0 Å². The molecule has 1 heterocycles. The summed E-state index contributed by atoms with van der Waals surface area (Å²) >= 11 is 0. The van der Waals surface area contributed by atoms with Crippen LogP contribution in [-0.2, 0) is 12.8 Å². The van der Waals surface area contributed by atoms with Gasteiger partial charge in [0.05, 0.1) is 5.69 Å². The topological polar surface area (TPSA) is 12.9 Å². The molecule has 1 rings (SSSR count). The molecule has 0 aliphatic carbocycles. The lowest BCUT2D eigenvalue weighted by Gasteiger charge is -2.02. The first-order valence-corrected chi connectivity index (χ1v) is 9.95. The van der Waals surface area contributed by atoms with Gasteiger partial charge in [0.1, 0.15) is 0 Å². The maximum absolute atomic E-state index is 4.71. The van der Waals surface area contributed by atoms with Crippen LogP contribution in [0, 0.1) is 0 Å². The van der Waals surface area contributed by atoms with Gasteiger partial charge in [-0.25, -0.2) is 4.75 Å². The Labute approximate surface area is 110 Å². The van der Waals surface area contributed by atoms with Gasteiger partial charge in [0.2, 0.25) is 0 Å². The van der Waals surface area contributed by atoms with Gasteiger partial charge in [0.15, 0.2) is 0 Å². The van der Waals surface area contributed by atoms with Gasteiger partial charge in [0.25, 0.3) is 0 Å². The highest BCUT2D eigenvalue weighted by Crippen LogP contribution is 2.30. The Hall–Kier alpha value is 0.140. The first-order chi connectivity index (χ1) is 8.38. The van der Waals surface area contributed by atoms with Crippen LogP contribution in [-0.4, -0.2) is 4.75 Å². The Kier molecular flexibility index (Phi) is 9.03. The van der Waals surface area contributed by atoms with Crippen LogP contribution < -0.4 is 0 Å². The summed E-state index contributed by atoms with van der Waals surface area (Å²) in [6.45, 7) is 4.56. The zero-order valence-corrected chi connectivity index (χ0v) is 13.4. The van der Waals surface area contributed by atoms with Crippen molar-refractivity contribution < 1.29 is 0 Å². The highest BCUT2D eigenvalue weighted by molar-refractivity contribution is 7.89. The van der Waals surface area contributed by atoms with Crippen LogP contribution in [0.5, 0.6) is 0 Å². The predicted molar refractivity (Wildman–Crippen MR) is 81.9 cm³/mol. The molecule has 0 aliphatic heterocycles. The molecule has 0 spiro atoms. The average molecular weight is 271 g/mol. The molecule has 0 bridgehead atoms. The minimum atomic E-state index is 0.817. The molecule has 17 heavy (non-hydrogen) atoms. The minimum Gasteiger partial charge on any atom is -0.240 e. The molecule has 0 radical (unpaired) electrons. The van der Waals surface area contributed by atoms with Crippen LogP contribution >= 0.6 is 15.9 Å². The van der Waals surface area contributed by atoms with Gasteiger partial charge in [-0.2, -0.15) is 0 Å². The standard InChI is InChI=1S/C14H27NP2/c1-3-5-7-9-11-13-14(16-17-15-13)12-10-8-6-4-2/h17H,3-12H2,1-2H3. The molecule has 1 nitrogen and oxygen atoms in total. The molecular weight excluding hydrogens is 244 g/mol. The summed E-state index contributed by atoms with van der Waals surface area (Å²) in [5, 5.41) is 1.68. The van der Waals surface area contributed by atoms with Crippen molar-refractivity contribution in [1.82, 2.24) is 4.75 Å². The van der Waals surface area contributed by atoms with E-state index in [4.69, 9.17) is 4.75 Å². The van der Waals surface area contributed by atoms with Crippen molar-refractivity contribution >= 4 is 15.9 Å². The van der Waals surface area contributed by atoms with Crippen molar-refractivity contribution in [1.29, 1.82) is 0 Å². The zero-order valence-electron chi connectivity index (χ0n) is 11.5. The first-order valence-electron chi connectivity index (χ1n) is 7.27. The van der Waals surface area contributed by atoms with E-state index in [9.17, 15) is 0 Å². The summed E-state index contributed by atoms with van der Waals surface area (Å²) in [6.07, 6.45) is 13.6. The molecule has 0 fully saturated rings. The van der Waals surface area contributed by atoms with Gasteiger partial charge >= 0.3 is 0 Å². The lowest BCUT2D eigenvalue weighted by molar-refractivity contribution is 0.650. The van der Waals surface area contributed by atoms with Gasteiger partial charge in [0, 0.05) is 5.30 Å². The van der Waals surface area contributed by atoms with E-state index in [1.54, 1.807) is 5.30 Å². The van der Waals surface area contributed by atoms with Gasteiger partial charge < -0.3 is 0 Å². The summed E-state index contributed by atoms with van der Waals surface area (Å²) < 4.78 is 4.71. The van der Waals surface area contributed by atoms with Crippen molar-refractivity contribution in [2.24, 2.45) is 0 Å². The van der Waals surface area contributed by atoms with Gasteiger partial charge in [-0.15, -0.1) is 0 Å². The number of aryl methyl sites for hydroxylation is 2. The van der Waals surface area contributed by atoms with Gasteiger partial charge in [-0.05, 0) is 41.6 Å². The van der Waals surface area contributed by atoms with Crippen LogP contribution in [0.15, 0.2) is 0 Å². The fourth-order valence-electron chi connectivity index (χ4n) is 2.11. The van der Waals surface area contributed by atoms with Gasteiger partial charge in [-0.1, -0.05) is 52.4 Å². The Morgan fingerprint density at radius 2 is 1.53 bits per heavy atom. The predicted octanol–water partition coefficient (Wildman–Crippen LogP) is 5.94. The quantitative estimate of drug-likeness (QED) is 0.480. The van der Waals surface area contributed by atoms with Gasteiger partial charge in [-0.3, -0.25) is 0 Å². The fraction of sp³-hybridized carbons (Fsp3) is 0.857. The second kappa shape index (κ2) is 10.1. The minimum absolute atomic E-state index is 0.817. The Balaban J connectivity index is 2.22. The summed E-state index contributed by atoms with van der Waals surface area (Å²) in [5.41, 5.74) is 1.48. The molecule has 0 amide bonds. The number of rotatable bonds is 10. The third-order valence-corrected chi connectivity index (χ3v) is 5.87. The molecule has 0 saturated heterocycles. The van der Waals surface area contributed by atoms with Crippen molar-refractivity contribution in [3.63, 3.8) is 0 Å². The van der Waals surface area contributed by atoms with Crippen molar-refractivity contribution in [3.05, 3.63) is 11.0 Å². The fourth-order valence-corrected chi connectivity index (χ4v) is 4.90. The number of hydrogen-bond donors (Lipinski definition) is 0. The highest BCUT2D eigenvalue weighted by atomic mass is 31.8. The molecule has 0 aromatic carbocycles. The second-order valence-electron chi connectivity index (χ2n) is 4.84. The third kappa shape index (κ3) is 6.58. The summed E-state index contributed by atoms with van der Waals surface area (Å²) in [6, 6.07) is 0. The van der Waals surface area contributed by atoms with E-state index in [1.807, 2.05) is 0 Å². The largest absolute Gasteiger partial charge is 0.240 e. The maximum Gasteiger partial charge on any atom is 0.0526 e. The van der Waals surface area contributed by atoms with Crippen LogP contribution in [0.4, 0.5) is 0 Å². The summed E-state index contributed by atoms with van der Waals surface area (Å²) in [5.74, 6) is 0. The van der Waals surface area contributed by atoms with E-state index in [0.717, 1.165) is 8.03 Å². The molecule has 0 aliphatic rings. The van der Waals surface area contributed by atoms with Crippen molar-refractivity contribution in [2.75, 3.05) is 0 Å². The molecule has 1 atom stereocenters. The normalized spacial score (nSPS) is 11.9.